The van der Waals surface area contributed by atoms with Gasteiger partial charge in [0.15, 0.2) is 0 Å². The van der Waals surface area contributed by atoms with E-state index in [1.54, 1.807) is 0 Å². The lowest BCUT2D eigenvalue weighted by molar-refractivity contribution is 0.782. The smallest absolute Gasteiger partial charge is 0.0481 e. The number of aromatic nitrogens is 1. The van der Waals surface area contributed by atoms with Gasteiger partial charge >= 0.3 is 0 Å². The van der Waals surface area contributed by atoms with Crippen LogP contribution in [0.1, 0.15) is 25.5 Å². The van der Waals surface area contributed by atoms with Crippen LogP contribution in [-0.2, 0) is 6.42 Å². The Bertz CT molecular complexity index is 420. The molecule has 0 aliphatic carbocycles. The number of nitrogens with zero attached hydrogens (tertiary/aromatic N) is 1. The van der Waals surface area contributed by atoms with Crippen LogP contribution in [-0.4, -0.2) is 4.98 Å². The molecular formula is C13H16ClN. The van der Waals surface area contributed by atoms with Gasteiger partial charge in [-0.15, -0.1) is 12.4 Å². The molecule has 0 aliphatic rings. The zero-order valence-electron chi connectivity index (χ0n) is 8.94. The monoisotopic (exact) mass is 221 g/mol. The van der Waals surface area contributed by atoms with E-state index in [1.165, 1.54) is 29.3 Å². The Morgan fingerprint density at radius 3 is 2.73 bits per heavy atom. The summed E-state index contributed by atoms with van der Waals surface area (Å²) in [6.07, 6.45) is 5.46. The average molecular weight is 222 g/mol. The molecule has 0 atom stereocenters. The van der Waals surface area contributed by atoms with Gasteiger partial charge in [-0.25, -0.2) is 0 Å². The zero-order chi connectivity index (χ0) is 9.80. The summed E-state index contributed by atoms with van der Waals surface area (Å²) in [6, 6.07) is 10.5. The van der Waals surface area contributed by atoms with Crippen LogP contribution in [0.25, 0.3) is 10.8 Å². The SMILES string of the molecule is CCCCc1nccc2ccccc12.Cl. The van der Waals surface area contributed by atoms with Gasteiger partial charge in [0, 0.05) is 17.3 Å². The Labute approximate surface area is 96.9 Å². The highest BCUT2D eigenvalue weighted by Gasteiger charge is 1.99. The fourth-order valence-electron chi connectivity index (χ4n) is 1.73. The van der Waals surface area contributed by atoms with Crippen molar-refractivity contribution in [3.05, 3.63) is 42.2 Å². The second-order valence-electron chi connectivity index (χ2n) is 3.58. The molecule has 2 aromatic rings. The van der Waals surface area contributed by atoms with Crippen LogP contribution >= 0.6 is 12.4 Å². The van der Waals surface area contributed by atoms with Crippen LogP contribution in [0.4, 0.5) is 0 Å². The normalized spacial score (nSPS) is 9.93. The molecule has 0 bridgehead atoms. The summed E-state index contributed by atoms with van der Waals surface area (Å²) in [7, 11) is 0. The van der Waals surface area contributed by atoms with Crippen LogP contribution in [0, 0.1) is 0 Å². The van der Waals surface area contributed by atoms with E-state index >= 15 is 0 Å². The molecule has 1 heterocycles. The third kappa shape index (κ3) is 2.69. The molecule has 15 heavy (non-hydrogen) atoms. The van der Waals surface area contributed by atoms with E-state index in [2.05, 4.69) is 42.2 Å². The second-order valence-corrected chi connectivity index (χ2v) is 3.58. The first-order valence-corrected chi connectivity index (χ1v) is 5.24. The standard InChI is InChI=1S/C13H15N.ClH/c1-2-3-8-13-12-7-5-4-6-11(12)9-10-14-13;/h4-7,9-10H,2-3,8H2,1H3;1H. The fourth-order valence-corrected chi connectivity index (χ4v) is 1.73. The summed E-state index contributed by atoms with van der Waals surface area (Å²) >= 11 is 0. The lowest BCUT2D eigenvalue weighted by atomic mass is 10.1. The highest BCUT2D eigenvalue weighted by molar-refractivity contribution is 5.85. The number of fused-ring (bicyclic) bond motifs is 1. The van der Waals surface area contributed by atoms with Crippen molar-refractivity contribution in [3.63, 3.8) is 0 Å². The molecule has 2 rings (SSSR count). The van der Waals surface area contributed by atoms with Crippen molar-refractivity contribution < 1.29 is 0 Å². The highest BCUT2D eigenvalue weighted by Crippen LogP contribution is 2.17. The summed E-state index contributed by atoms with van der Waals surface area (Å²) in [5, 5.41) is 2.61. The molecule has 2 heteroatoms. The predicted octanol–water partition coefficient (Wildman–Crippen LogP) is 4.00. The molecule has 0 radical (unpaired) electrons. The molecule has 1 aromatic carbocycles. The first-order chi connectivity index (χ1) is 6.92. The van der Waals surface area contributed by atoms with Crippen molar-refractivity contribution in [2.75, 3.05) is 0 Å². The number of pyridine rings is 1. The molecule has 0 N–H and O–H groups in total. The van der Waals surface area contributed by atoms with Crippen LogP contribution in [0.15, 0.2) is 36.5 Å². The predicted molar refractivity (Wildman–Crippen MR) is 67.6 cm³/mol. The second kappa shape index (κ2) is 5.72. The van der Waals surface area contributed by atoms with Crippen LogP contribution < -0.4 is 0 Å². The quantitative estimate of drug-likeness (QED) is 0.764. The van der Waals surface area contributed by atoms with Crippen molar-refractivity contribution in [2.45, 2.75) is 26.2 Å². The molecule has 80 valence electrons. The minimum Gasteiger partial charge on any atom is -0.261 e. The van der Waals surface area contributed by atoms with Crippen LogP contribution in [0.5, 0.6) is 0 Å². The maximum absolute atomic E-state index is 4.44. The molecule has 0 spiro atoms. The van der Waals surface area contributed by atoms with Gasteiger partial charge in [-0.2, -0.15) is 0 Å². The van der Waals surface area contributed by atoms with Gasteiger partial charge in [-0.1, -0.05) is 37.6 Å². The first-order valence-electron chi connectivity index (χ1n) is 5.24. The van der Waals surface area contributed by atoms with E-state index in [4.69, 9.17) is 0 Å². The lowest BCUT2D eigenvalue weighted by Gasteiger charge is -2.03. The van der Waals surface area contributed by atoms with E-state index < -0.39 is 0 Å². The number of hydrogen-bond acceptors (Lipinski definition) is 1. The zero-order valence-corrected chi connectivity index (χ0v) is 9.76. The van der Waals surface area contributed by atoms with Crippen molar-refractivity contribution in [1.82, 2.24) is 4.98 Å². The van der Waals surface area contributed by atoms with E-state index in [0.717, 1.165) is 6.42 Å². The summed E-state index contributed by atoms with van der Waals surface area (Å²) in [6.45, 7) is 2.21. The number of benzene rings is 1. The Hall–Kier alpha value is -1.08. The van der Waals surface area contributed by atoms with Gasteiger partial charge in [0.1, 0.15) is 0 Å². The van der Waals surface area contributed by atoms with Crippen LogP contribution in [0.2, 0.25) is 0 Å². The van der Waals surface area contributed by atoms with E-state index in [1.807, 2.05) is 6.20 Å². The molecule has 1 nitrogen and oxygen atoms in total. The van der Waals surface area contributed by atoms with Gasteiger partial charge < -0.3 is 0 Å². The minimum absolute atomic E-state index is 0. The van der Waals surface area contributed by atoms with Gasteiger partial charge in [0.05, 0.1) is 0 Å². The maximum Gasteiger partial charge on any atom is 0.0481 e. The Morgan fingerprint density at radius 2 is 1.93 bits per heavy atom. The fraction of sp³-hybridized carbons (Fsp3) is 0.308. The molecule has 0 saturated carbocycles. The molecule has 0 fully saturated rings. The average Bonchev–Trinajstić information content (AvgIpc) is 2.26. The van der Waals surface area contributed by atoms with E-state index in [9.17, 15) is 0 Å². The third-order valence-electron chi connectivity index (χ3n) is 2.52. The largest absolute Gasteiger partial charge is 0.261 e. The van der Waals surface area contributed by atoms with Crippen molar-refractivity contribution >= 4 is 23.2 Å². The first kappa shape index (κ1) is 12.0. The van der Waals surface area contributed by atoms with Crippen molar-refractivity contribution in [2.24, 2.45) is 0 Å². The maximum atomic E-state index is 4.44. The molecule has 0 saturated heterocycles. The molecular weight excluding hydrogens is 206 g/mol. The van der Waals surface area contributed by atoms with Gasteiger partial charge in [-0.05, 0) is 24.3 Å². The molecule has 0 amide bonds. The van der Waals surface area contributed by atoms with Crippen molar-refractivity contribution in [3.8, 4) is 0 Å². The topological polar surface area (TPSA) is 12.9 Å². The van der Waals surface area contributed by atoms with Gasteiger partial charge in [0.25, 0.3) is 0 Å². The number of hydrogen-bond donors (Lipinski definition) is 0. The summed E-state index contributed by atoms with van der Waals surface area (Å²) in [4.78, 5) is 4.44. The van der Waals surface area contributed by atoms with Gasteiger partial charge in [0.2, 0.25) is 0 Å². The summed E-state index contributed by atoms with van der Waals surface area (Å²) in [5.41, 5.74) is 1.24. The molecule has 0 aliphatic heterocycles. The van der Waals surface area contributed by atoms with Gasteiger partial charge in [-0.3, -0.25) is 4.98 Å². The lowest BCUT2D eigenvalue weighted by Crippen LogP contribution is -1.90. The Morgan fingerprint density at radius 1 is 1.13 bits per heavy atom. The number of halogens is 1. The van der Waals surface area contributed by atoms with Crippen LogP contribution in [0.3, 0.4) is 0 Å². The van der Waals surface area contributed by atoms with Crippen molar-refractivity contribution in [1.29, 1.82) is 0 Å². The Balaban J connectivity index is 0.00000112. The highest BCUT2D eigenvalue weighted by atomic mass is 35.5. The summed E-state index contributed by atoms with van der Waals surface area (Å²) < 4.78 is 0. The number of rotatable bonds is 3. The number of unbranched alkanes of at least 4 members (excludes halogenated alkanes) is 1. The molecule has 0 unspecified atom stereocenters. The molecule has 1 aromatic heterocycles. The number of aryl methyl sites for hydroxylation is 1. The minimum atomic E-state index is 0. The van der Waals surface area contributed by atoms with E-state index in [-0.39, 0.29) is 12.4 Å². The summed E-state index contributed by atoms with van der Waals surface area (Å²) in [5.74, 6) is 0. The Kier molecular flexibility index (Phi) is 4.57. The third-order valence-corrected chi connectivity index (χ3v) is 2.52. The van der Waals surface area contributed by atoms with E-state index in [0.29, 0.717) is 0 Å².